The zero-order valence-corrected chi connectivity index (χ0v) is 14.7. The monoisotopic (exact) mass is 306 g/mol. The molecule has 0 aliphatic rings. The average molecular weight is 306 g/mol. The van der Waals surface area contributed by atoms with Gasteiger partial charge in [-0.15, -0.1) is 0 Å². The second kappa shape index (κ2) is 8.18. The van der Waals surface area contributed by atoms with E-state index in [-0.39, 0.29) is 5.91 Å². The third kappa shape index (κ3) is 5.68. The first kappa shape index (κ1) is 18.5. The van der Waals surface area contributed by atoms with Gasteiger partial charge in [-0.1, -0.05) is 18.2 Å². The van der Waals surface area contributed by atoms with Crippen molar-refractivity contribution in [1.82, 2.24) is 10.2 Å². The van der Waals surface area contributed by atoms with Gasteiger partial charge in [-0.25, -0.2) is 0 Å². The molecule has 1 aromatic rings. The van der Waals surface area contributed by atoms with Crippen LogP contribution >= 0.6 is 0 Å². The van der Waals surface area contributed by atoms with Crippen molar-refractivity contribution in [2.45, 2.75) is 59.2 Å². The Balaban J connectivity index is 2.50. The second-order valence-electron chi connectivity index (χ2n) is 6.61. The van der Waals surface area contributed by atoms with Crippen molar-refractivity contribution in [3.8, 4) is 5.75 Å². The van der Waals surface area contributed by atoms with Crippen LogP contribution in [0.1, 0.15) is 41.5 Å². The van der Waals surface area contributed by atoms with Gasteiger partial charge in [0.05, 0.1) is 0 Å². The van der Waals surface area contributed by atoms with Gasteiger partial charge >= 0.3 is 0 Å². The minimum atomic E-state index is -0.887. The fraction of sp³-hybridized carbons (Fsp3) is 0.611. The molecule has 4 nitrogen and oxygen atoms in total. The summed E-state index contributed by atoms with van der Waals surface area (Å²) in [4.78, 5) is 14.7. The van der Waals surface area contributed by atoms with E-state index in [1.54, 1.807) is 13.8 Å². The summed E-state index contributed by atoms with van der Waals surface area (Å²) < 4.78 is 5.79. The number of rotatable bonds is 8. The van der Waals surface area contributed by atoms with Gasteiger partial charge in [0, 0.05) is 25.2 Å². The maximum Gasteiger partial charge on any atom is 0.263 e. The predicted molar refractivity (Wildman–Crippen MR) is 91.1 cm³/mol. The Morgan fingerprint density at radius 1 is 1.14 bits per heavy atom. The average Bonchev–Trinajstić information content (AvgIpc) is 2.43. The Morgan fingerprint density at radius 2 is 1.68 bits per heavy atom. The summed E-state index contributed by atoms with van der Waals surface area (Å²) >= 11 is 0. The molecule has 0 atom stereocenters. The van der Waals surface area contributed by atoms with Crippen LogP contribution in [0.25, 0.3) is 0 Å². The summed E-state index contributed by atoms with van der Waals surface area (Å²) in [6.45, 7) is 13.7. The van der Waals surface area contributed by atoms with Crippen molar-refractivity contribution >= 4 is 5.91 Å². The molecule has 0 saturated heterocycles. The standard InChI is InChI=1S/C18H30N2O2/c1-14(2)20(15(3)4)13-12-19-17(21)18(5,6)22-16-10-8-7-9-11-16/h7-11,14-15H,12-13H2,1-6H3,(H,19,21). The molecule has 0 aromatic heterocycles. The molecule has 0 radical (unpaired) electrons. The molecule has 1 N–H and O–H groups in total. The first-order valence-electron chi connectivity index (χ1n) is 8.02. The number of carbonyl (C=O) groups is 1. The van der Waals surface area contributed by atoms with Crippen LogP contribution in [-0.2, 0) is 4.79 Å². The smallest absolute Gasteiger partial charge is 0.263 e. The maximum absolute atomic E-state index is 12.3. The van der Waals surface area contributed by atoms with Gasteiger partial charge in [-0.2, -0.15) is 0 Å². The lowest BCUT2D eigenvalue weighted by molar-refractivity contribution is -0.134. The maximum atomic E-state index is 12.3. The highest BCUT2D eigenvalue weighted by atomic mass is 16.5. The number of amides is 1. The third-order valence-electron chi connectivity index (χ3n) is 3.65. The van der Waals surface area contributed by atoms with E-state index in [4.69, 9.17) is 4.74 Å². The fourth-order valence-electron chi connectivity index (χ4n) is 2.45. The zero-order chi connectivity index (χ0) is 16.8. The summed E-state index contributed by atoms with van der Waals surface area (Å²) in [5, 5.41) is 2.98. The number of hydrogen-bond acceptors (Lipinski definition) is 3. The predicted octanol–water partition coefficient (Wildman–Crippen LogP) is 3.08. The van der Waals surface area contributed by atoms with Crippen LogP contribution in [-0.4, -0.2) is 41.6 Å². The van der Waals surface area contributed by atoms with Crippen LogP contribution in [0.4, 0.5) is 0 Å². The molecule has 1 amide bonds. The highest BCUT2D eigenvalue weighted by Gasteiger charge is 2.29. The topological polar surface area (TPSA) is 41.6 Å². The van der Waals surface area contributed by atoms with Crippen LogP contribution in [0, 0.1) is 0 Å². The van der Waals surface area contributed by atoms with Crippen LogP contribution in [0.2, 0.25) is 0 Å². The third-order valence-corrected chi connectivity index (χ3v) is 3.65. The molecule has 1 rings (SSSR count). The molecule has 0 aliphatic carbocycles. The van der Waals surface area contributed by atoms with Gasteiger partial charge in [-0.05, 0) is 53.7 Å². The summed E-state index contributed by atoms with van der Waals surface area (Å²) in [5.74, 6) is 0.609. The number of hydrogen-bond donors (Lipinski definition) is 1. The van der Waals surface area contributed by atoms with E-state index in [2.05, 4.69) is 37.9 Å². The Hall–Kier alpha value is -1.55. The SMILES string of the molecule is CC(C)N(CCNC(=O)C(C)(C)Oc1ccccc1)C(C)C. The van der Waals surface area contributed by atoms with Crippen LogP contribution in [0.3, 0.4) is 0 Å². The number of benzene rings is 1. The van der Waals surface area contributed by atoms with E-state index in [0.29, 0.717) is 24.4 Å². The first-order valence-corrected chi connectivity index (χ1v) is 8.02. The summed E-state index contributed by atoms with van der Waals surface area (Å²) in [6.07, 6.45) is 0. The quantitative estimate of drug-likeness (QED) is 0.802. The van der Waals surface area contributed by atoms with Crippen molar-refractivity contribution in [2.24, 2.45) is 0 Å². The number of nitrogens with zero attached hydrogens (tertiary/aromatic N) is 1. The van der Waals surface area contributed by atoms with Gasteiger partial charge in [0.25, 0.3) is 5.91 Å². The Bertz CT molecular complexity index is 447. The lowest BCUT2D eigenvalue weighted by Gasteiger charge is -2.31. The van der Waals surface area contributed by atoms with Gasteiger partial charge in [0.15, 0.2) is 5.60 Å². The highest BCUT2D eigenvalue weighted by Crippen LogP contribution is 2.17. The van der Waals surface area contributed by atoms with Crippen LogP contribution in [0.15, 0.2) is 30.3 Å². The molecule has 0 aliphatic heterocycles. The van der Waals surface area contributed by atoms with E-state index in [1.165, 1.54) is 0 Å². The molecular formula is C18H30N2O2. The minimum absolute atomic E-state index is 0.0937. The van der Waals surface area contributed by atoms with Crippen molar-refractivity contribution in [2.75, 3.05) is 13.1 Å². The minimum Gasteiger partial charge on any atom is -0.478 e. The van der Waals surface area contributed by atoms with E-state index in [1.807, 2.05) is 30.3 Å². The van der Waals surface area contributed by atoms with Gasteiger partial charge in [-0.3, -0.25) is 9.69 Å². The Kier molecular flexibility index (Phi) is 6.88. The van der Waals surface area contributed by atoms with E-state index >= 15 is 0 Å². The van der Waals surface area contributed by atoms with Crippen LogP contribution < -0.4 is 10.1 Å². The molecule has 1 aromatic carbocycles. The second-order valence-corrected chi connectivity index (χ2v) is 6.61. The lowest BCUT2D eigenvalue weighted by Crippen LogP contribution is -2.49. The lowest BCUT2D eigenvalue weighted by atomic mass is 10.1. The van der Waals surface area contributed by atoms with Gasteiger partial charge in [0.1, 0.15) is 5.75 Å². The molecule has 0 heterocycles. The zero-order valence-electron chi connectivity index (χ0n) is 14.7. The summed E-state index contributed by atoms with van der Waals surface area (Å²) in [6, 6.07) is 10.4. The Morgan fingerprint density at radius 3 is 2.18 bits per heavy atom. The van der Waals surface area contributed by atoms with Crippen molar-refractivity contribution in [3.63, 3.8) is 0 Å². The van der Waals surface area contributed by atoms with Gasteiger partial charge < -0.3 is 10.1 Å². The van der Waals surface area contributed by atoms with Gasteiger partial charge in [0.2, 0.25) is 0 Å². The molecule has 22 heavy (non-hydrogen) atoms. The van der Waals surface area contributed by atoms with E-state index in [0.717, 1.165) is 6.54 Å². The molecule has 0 fully saturated rings. The fourth-order valence-corrected chi connectivity index (χ4v) is 2.45. The molecule has 4 heteroatoms. The summed E-state index contributed by atoms with van der Waals surface area (Å²) in [7, 11) is 0. The van der Waals surface area contributed by atoms with Crippen molar-refractivity contribution in [3.05, 3.63) is 30.3 Å². The number of ether oxygens (including phenoxy) is 1. The van der Waals surface area contributed by atoms with Crippen molar-refractivity contribution < 1.29 is 9.53 Å². The Labute approximate surface area is 134 Å². The van der Waals surface area contributed by atoms with Crippen LogP contribution in [0.5, 0.6) is 5.75 Å². The normalized spacial score (nSPS) is 12.0. The molecular weight excluding hydrogens is 276 g/mol. The number of carbonyl (C=O) groups excluding carboxylic acids is 1. The molecule has 124 valence electrons. The van der Waals surface area contributed by atoms with E-state index < -0.39 is 5.60 Å². The number of para-hydroxylation sites is 1. The first-order chi connectivity index (χ1) is 10.2. The van der Waals surface area contributed by atoms with Crippen molar-refractivity contribution in [1.29, 1.82) is 0 Å². The number of nitrogens with one attached hydrogen (secondary N) is 1. The molecule has 0 bridgehead atoms. The molecule has 0 spiro atoms. The highest BCUT2D eigenvalue weighted by molar-refractivity contribution is 5.84. The summed E-state index contributed by atoms with van der Waals surface area (Å²) in [5.41, 5.74) is -0.887. The molecule has 0 saturated carbocycles. The van der Waals surface area contributed by atoms with E-state index in [9.17, 15) is 4.79 Å². The largest absolute Gasteiger partial charge is 0.478 e. The molecule has 0 unspecified atom stereocenters.